The summed E-state index contributed by atoms with van der Waals surface area (Å²) in [5.74, 6) is -0.868. The first kappa shape index (κ1) is 12.7. The highest BCUT2D eigenvalue weighted by Crippen LogP contribution is 2.19. The maximum atomic E-state index is 10.6. The third kappa shape index (κ3) is 3.64. The number of hydrogen-bond donors (Lipinski definition) is 2. The topological polar surface area (TPSA) is 66.6 Å². The van der Waals surface area contributed by atoms with Crippen LogP contribution in [0.15, 0.2) is 24.3 Å². The Bertz CT molecular complexity index is 364. The maximum absolute atomic E-state index is 10.6. The minimum absolute atomic E-state index is 0.0373. The van der Waals surface area contributed by atoms with Gasteiger partial charge >= 0.3 is 5.97 Å². The van der Waals surface area contributed by atoms with Crippen LogP contribution in [0.1, 0.15) is 23.6 Å². The van der Waals surface area contributed by atoms with E-state index in [0.717, 1.165) is 17.7 Å². The van der Waals surface area contributed by atoms with Crippen molar-refractivity contribution in [1.29, 1.82) is 0 Å². The number of nitrogens with two attached hydrogens (primary N) is 1. The quantitative estimate of drug-likeness (QED) is 0.786. The van der Waals surface area contributed by atoms with Crippen molar-refractivity contribution in [1.82, 2.24) is 4.90 Å². The van der Waals surface area contributed by atoms with E-state index in [4.69, 9.17) is 10.8 Å². The molecule has 0 heterocycles. The largest absolute Gasteiger partial charge is 0.481 e. The summed E-state index contributed by atoms with van der Waals surface area (Å²) < 4.78 is 0. The van der Waals surface area contributed by atoms with E-state index in [1.165, 1.54) is 0 Å². The average Bonchev–Trinajstić information content (AvgIpc) is 2.16. The molecule has 4 nitrogen and oxygen atoms in total. The molecule has 0 amide bonds. The first-order valence-electron chi connectivity index (χ1n) is 5.20. The van der Waals surface area contributed by atoms with Gasteiger partial charge in [0.25, 0.3) is 0 Å². The zero-order valence-corrected chi connectivity index (χ0v) is 9.68. The predicted octanol–water partition coefficient (Wildman–Crippen LogP) is 1.22. The molecule has 4 heteroatoms. The molecule has 1 aromatic carbocycles. The van der Waals surface area contributed by atoms with Crippen LogP contribution in [0, 0.1) is 0 Å². The Morgan fingerprint density at radius 2 is 2.06 bits per heavy atom. The summed E-state index contributed by atoms with van der Waals surface area (Å²) in [4.78, 5) is 12.7. The van der Waals surface area contributed by atoms with Crippen LogP contribution in [0.25, 0.3) is 0 Å². The Kier molecular flexibility index (Phi) is 4.46. The third-order valence-electron chi connectivity index (χ3n) is 2.34. The summed E-state index contributed by atoms with van der Waals surface area (Å²) >= 11 is 0. The van der Waals surface area contributed by atoms with Crippen molar-refractivity contribution >= 4 is 5.97 Å². The number of hydrogen-bond acceptors (Lipinski definition) is 3. The lowest BCUT2D eigenvalue weighted by Crippen LogP contribution is -2.19. The number of benzene rings is 1. The predicted molar refractivity (Wildman–Crippen MR) is 63.0 cm³/mol. The molecule has 0 aliphatic rings. The molecule has 0 fully saturated rings. The zero-order valence-electron chi connectivity index (χ0n) is 9.68. The zero-order chi connectivity index (χ0) is 12.1. The van der Waals surface area contributed by atoms with Crippen molar-refractivity contribution in [2.24, 2.45) is 5.73 Å². The van der Waals surface area contributed by atoms with E-state index in [1.807, 2.05) is 43.3 Å². The maximum Gasteiger partial charge on any atom is 0.305 e. The van der Waals surface area contributed by atoms with E-state index in [9.17, 15) is 4.79 Å². The van der Waals surface area contributed by atoms with Gasteiger partial charge in [-0.25, -0.2) is 0 Å². The average molecular weight is 222 g/mol. The fourth-order valence-electron chi connectivity index (χ4n) is 1.68. The Labute approximate surface area is 95.7 Å². The minimum Gasteiger partial charge on any atom is -0.481 e. The molecule has 0 spiro atoms. The van der Waals surface area contributed by atoms with Crippen molar-refractivity contribution in [2.45, 2.75) is 19.0 Å². The third-order valence-corrected chi connectivity index (χ3v) is 2.34. The second-order valence-corrected chi connectivity index (χ2v) is 4.14. The highest BCUT2D eigenvalue weighted by molar-refractivity contribution is 5.68. The van der Waals surface area contributed by atoms with Gasteiger partial charge < -0.3 is 15.7 Å². The highest BCUT2D eigenvalue weighted by Gasteiger charge is 2.14. The monoisotopic (exact) mass is 222 g/mol. The van der Waals surface area contributed by atoms with E-state index in [-0.39, 0.29) is 6.42 Å². The van der Waals surface area contributed by atoms with Gasteiger partial charge in [-0.1, -0.05) is 24.3 Å². The molecule has 0 saturated heterocycles. The summed E-state index contributed by atoms with van der Waals surface area (Å²) in [7, 11) is 3.94. The molecule has 16 heavy (non-hydrogen) atoms. The lowest BCUT2D eigenvalue weighted by molar-refractivity contribution is -0.137. The van der Waals surface area contributed by atoms with Gasteiger partial charge in [-0.3, -0.25) is 4.79 Å². The van der Waals surface area contributed by atoms with Gasteiger partial charge in [0.05, 0.1) is 6.42 Å². The fourth-order valence-corrected chi connectivity index (χ4v) is 1.68. The summed E-state index contributed by atoms with van der Waals surface area (Å²) in [6.07, 6.45) is -0.0373. The SMILES string of the molecule is CN(C)Cc1ccccc1C(N)CC(=O)O. The molecule has 1 unspecified atom stereocenters. The van der Waals surface area contributed by atoms with Gasteiger partial charge in [0.2, 0.25) is 0 Å². The number of carbonyl (C=O) groups is 1. The molecule has 1 rings (SSSR count). The number of nitrogens with zero attached hydrogens (tertiary/aromatic N) is 1. The van der Waals surface area contributed by atoms with E-state index < -0.39 is 12.0 Å². The molecule has 0 aliphatic heterocycles. The van der Waals surface area contributed by atoms with E-state index in [1.54, 1.807) is 0 Å². The van der Waals surface area contributed by atoms with Crippen molar-refractivity contribution in [3.05, 3.63) is 35.4 Å². The molecular formula is C12H18N2O2. The van der Waals surface area contributed by atoms with Crippen LogP contribution >= 0.6 is 0 Å². The van der Waals surface area contributed by atoms with Gasteiger partial charge in [-0.15, -0.1) is 0 Å². The number of carboxylic acid groups (broad SMARTS) is 1. The first-order valence-corrected chi connectivity index (χ1v) is 5.20. The van der Waals surface area contributed by atoms with E-state index in [0.29, 0.717) is 0 Å². The number of aliphatic carboxylic acids is 1. The van der Waals surface area contributed by atoms with Crippen LogP contribution in [-0.2, 0) is 11.3 Å². The Hall–Kier alpha value is -1.39. The molecular weight excluding hydrogens is 204 g/mol. The van der Waals surface area contributed by atoms with Crippen LogP contribution in [0.3, 0.4) is 0 Å². The van der Waals surface area contributed by atoms with E-state index >= 15 is 0 Å². The van der Waals surface area contributed by atoms with Crippen molar-refractivity contribution in [3.8, 4) is 0 Å². The number of carboxylic acids is 1. The highest BCUT2D eigenvalue weighted by atomic mass is 16.4. The lowest BCUT2D eigenvalue weighted by atomic mass is 9.98. The Balaban J connectivity index is 2.89. The van der Waals surface area contributed by atoms with Gasteiger partial charge in [0, 0.05) is 12.6 Å². The van der Waals surface area contributed by atoms with Crippen molar-refractivity contribution in [2.75, 3.05) is 14.1 Å². The summed E-state index contributed by atoms with van der Waals surface area (Å²) in [5, 5.41) is 8.73. The summed E-state index contributed by atoms with van der Waals surface area (Å²) in [5.41, 5.74) is 7.87. The normalized spacial score (nSPS) is 12.8. The molecule has 1 aromatic rings. The summed E-state index contributed by atoms with van der Waals surface area (Å²) in [6, 6.07) is 7.27. The smallest absolute Gasteiger partial charge is 0.305 e. The standard InChI is InChI=1S/C12H18N2O2/c1-14(2)8-9-5-3-4-6-10(9)11(13)7-12(15)16/h3-6,11H,7-8,13H2,1-2H3,(H,15,16). The molecule has 0 aromatic heterocycles. The molecule has 0 saturated carbocycles. The Morgan fingerprint density at radius 3 is 2.62 bits per heavy atom. The lowest BCUT2D eigenvalue weighted by Gasteiger charge is -2.17. The minimum atomic E-state index is -0.868. The molecule has 88 valence electrons. The molecule has 0 aliphatic carbocycles. The van der Waals surface area contributed by atoms with Crippen LogP contribution in [0.4, 0.5) is 0 Å². The van der Waals surface area contributed by atoms with Crippen molar-refractivity contribution < 1.29 is 9.90 Å². The number of rotatable bonds is 5. The van der Waals surface area contributed by atoms with Crippen molar-refractivity contribution in [3.63, 3.8) is 0 Å². The van der Waals surface area contributed by atoms with Gasteiger partial charge in [0.15, 0.2) is 0 Å². The molecule has 1 atom stereocenters. The second kappa shape index (κ2) is 5.63. The van der Waals surface area contributed by atoms with Gasteiger partial charge in [0.1, 0.15) is 0 Å². The van der Waals surface area contributed by atoms with Crippen LogP contribution < -0.4 is 5.73 Å². The van der Waals surface area contributed by atoms with Gasteiger partial charge in [-0.05, 0) is 25.2 Å². The molecule has 0 bridgehead atoms. The van der Waals surface area contributed by atoms with Crippen LogP contribution in [0.5, 0.6) is 0 Å². The summed E-state index contributed by atoms with van der Waals surface area (Å²) in [6.45, 7) is 0.767. The van der Waals surface area contributed by atoms with Crippen LogP contribution in [-0.4, -0.2) is 30.1 Å². The first-order chi connectivity index (χ1) is 7.50. The van der Waals surface area contributed by atoms with Gasteiger partial charge in [-0.2, -0.15) is 0 Å². The van der Waals surface area contributed by atoms with Crippen LogP contribution in [0.2, 0.25) is 0 Å². The molecule has 3 N–H and O–H groups in total. The second-order valence-electron chi connectivity index (χ2n) is 4.14. The fraction of sp³-hybridized carbons (Fsp3) is 0.417. The van der Waals surface area contributed by atoms with E-state index in [2.05, 4.69) is 0 Å². The Morgan fingerprint density at radius 1 is 1.44 bits per heavy atom. The molecule has 0 radical (unpaired) electrons.